The van der Waals surface area contributed by atoms with E-state index in [1.807, 2.05) is 35.9 Å². The molecule has 0 bridgehead atoms. The van der Waals surface area contributed by atoms with Gasteiger partial charge in [-0.05, 0) is 67.3 Å². The van der Waals surface area contributed by atoms with Crippen molar-refractivity contribution in [2.24, 2.45) is 0 Å². The zero-order valence-corrected chi connectivity index (χ0v) is 17.3. The topological polar surface area (TPSA) is 46.9 Å². The van der Waals surface area contributed by atoms with Crippen molar-refractivity contribution in [1.29, 1.82) is 0 Å². The number of nitrogens with one attached hydrogen (secondary N) is 1. The maximum atomic E-state index is 13.2. The van der Waals surface area contributed by atoms with Gasteiger partial charge in [0.1, 0.15) is 5.82 Å². The van der Waals surface area contributed by atoms with Gasteiger partial charge in [0.15, 0.2) is 0 Å². The van der Waals surface area contributed by atoms with E-state index in [0.29, 0.717) is 12.1 Å². The molecule has 0 saturated heterocycles. The largest absolute Gasteiger partial charge is 0.346 e. The molecule has 1 amide bonds. The molecule has 4 nitrogen and oxygen atoms in total. The fraction of sp³-hybridized carbons (Fsp3) is 0.200. The van der Waals surface area contributed by atoms with Crippen molar-refractivity contribution >= 4 is 16.8 Å². The average molecular weight is 401 g/mol. The number of hydrogen-bond donors (Lipinski definition) is 1. The van der Waals surface area contributed by atoms with Crippen LogP contribution in [0.25, 0.3) is 10.9 Å². The summed E-state index contributed by atoms with van der Waals surface area (Å²) in [6.07, 6.45) is 1.78. The minimum absolute atomic E-state index is 0.100. The molecule has 0 saturated carbocycles. The average Bonchev–Trinajstić information content (AvgIpc) is 3.13. The predicted molar refractivity (Wildman–Crippen MR) is 117 cm³/mol. The molecule has 5 heteroatoms. The Labute approximate surface area is 175 Å². The van der Waals surface area contributed by atoms with Gasteiger partial charge in [-0.2, -0.15) is 5.10 Å². The van der Waals surface area contributed by atoms with Gasteiger partial charge in [-0.25, -0.2) is 4.39 Å². The van der Waals surface area contributed by atoms with Gasteiger partial charge in [0.05, 0.1) is 24.3 Å². The number of rotatable bonds is 5. The molecule has 0 radical (unpaired) electrons. The van der Waals surface area contributed by atoms with Gasteiger partial charge in [-0.3, -0.25) is 9.48 Å². The van der Waals surface area contributed by atoms with Crippen molar-refractivity contribution in [2.45, 2.75) is 33.4 Å². The zero-order chi connectivity index (χ0) is 21.3. The molecule has 152 valence electrons. The third-order valence-corrected chi connectivity index (χ3v) is 5.53. The lowest BCUT2D eigenvalue weighted by Gasteiger charge is -2.16. The predicted octanol–water partition coefficient (Wildman–Crippen LogP) is 5.33. The lowest BCUT2D eigenvalue weighted by Crippen LogP contribution is -2.26. The van der Waals surface area contributed by atoms with Crippen LogP contribution in [0.4, 0.5) is 4.39 Å². The number of benzene rings is 3. The lowest BCUT2D eigenvalue weighted by molar-refractivity contribution is 0.0940. The Morgan fingerprint density at radius 2 is 1.80 bits per heavy atom. The molecular formula is C25H24FN3O. The Hall–Kier alpha value is -3.47. The van der Waals surface area contributed by atoms with Gasteiger partial charge in [0, 0.05) is 10.9 Å². The van der Waals surface area contributed by atoms with Gasteiger partial charge in [0.2, 0.25) is 0 Å². The van der Waals surface area contributed by atoms with Crippen LogP contribution in [0.5, 0.6) is 0 Å². The van der Waals surface area contributed by atoms with Crippen molar-refractivity contribution in [2.75, 3.05) is 0 Å². The standard InChI is InChI=1S/C25H24FN3O/c1-16-4-7-20(12-17(16)2)18(3)28-25(30)21-8-9-22-14-27-29(24(22)13-21)15-19-5-10-23(26)11-6-19/h4-14,18H,15H2,1-3H3,(H,28,30)/t18-/m0/s1. The second kappa shape index (κ2) is 8.11. The summed E-state index contributed by atoms with van der Waals surface area (Å²) in [5.74, 6) is -0.391. The fourth-order valence-corrected chi connectivity index (χ4v) is 3.50. The Morgan fingerprint density at radius 3 is 2.53 bits per heavy atom. The number of nitrogens with zero attached hydrogens (tertiary/aromatic N) is 2. The summed E-state index contributed by atoms with van der Waals surface area (Å²) >= 11 is 0. The van der Waals surface area contributed by atoms with E-state index < -0.39 is 0 Å². The van der Waals surface area contributed by atoms with Crippen LogP contribution in [0, 0.1) is 19.7 Å². The highest BCUT2D eigenvalue weighted by Crippen LogP contribution is 2.20. The summed E-state index contributed by atoms with van der Waals surface area (Å²) in [6.45, 7) is 6.64. The normalized spacial score (nSPS) is 12.1. The quantitative estimate of drug-likeness (QED) is 0.491. The monoisotopic (exact) mass is 401 g/mol. The summed E-state index contributed by atoms with van der Waals surface area (Å²) < 4.78 is 15.0. The molecule has 0 aliphatic heterocycles. The molecule has 0 aliphatic rings. The number of carbonyl (C=O) groups is 1. The minimum atomic E-state index is -0.263. The van der Waals surface area contributed by atoms with E-state index in [2.05, 4.69) is 36.4 Å². The number of aryl methyl sites for hydroxylation is 2. The Bertz CT molecular complexity index is 1210. The van der Waals surface area contributed by atoms with Crippen molar-refractivity contribution < 1.29 is 9.18 Å². The first-order chi connectivity index (χ1) is 14.4. The van der Waals surface area contributed by atoms with E-state index in [4.69, 9.17) is 0 Å². The van der Waals surface area contributed by atoms with E-state index >= 15 is 0 Å². The second-order valence-electron chi connectivity index (χ2n) is 7.74. The molecule has 0 spiro atoms. The first-order valence-corrected chi connectivity index (χ1v) is 9.99. The maximum Gasteiger partial charge on any atom is 0.251 e. The van der Waals surface area contributed by atoms with E-state index in [-0.39, 0.29) is 17.8 Å². The van der Waals surface area contributed by atoms with Gasteiger partial charge in [-0.1, -0.05) is 36.4 Å². The first kappa shape index (κ1) is 19.8. The van der Waals surface area contributed by atoms with Crippen LogP contribution in [-0.2, 0) is 6.54 Å². The number of hydrogen-bond acceptors (Lipinski definition) is 2. The third kappa shape index (κ3) is 4.10. The molecule has 0 aliphatic carbocycles. The molecule has 4 rings (SSSR count). The van der Waals surface area contributed by atoms with Gasteiger partial charge in [0.25, 0.3) is 5.91 Å². The molecule has 0 unspecified atom stereocenters. The summed E-state index contributed by atoms with van der Waals surface area (Å²) in [5, 5.41) is 8.47. The van der Waals surface area contributed by atoms with E-state index in [1.54, 1.807) is 18.3 Å². The molecule has 0 fully saturated rings. The molecule has 1 heterocycles. The van der Waals surface area contributed by atoms with Gasteiger partial charge < -0.3 is 5.32 Å². The molecule has 1 N–H and O–H groups in total. The van der Waals surface area contributed by atoms with Gasteiger partial charge >= 0.3 is 0 Å². The molecule has 1 atom stereocenters. The van der Waals surface area contributed by atoms with Crippen LogP contribution < -0.4 is 5.32 Å². The number of fused-ring (bicyclic) bond motifs is 1. The van der Waals surface area contributed by atoms with E-state index in [0.717, 1.165) is 22.0 Å². The van der Waals surface area contributed by atoms with Crippen LogP contribution in [-0.4, -0.2) is 15.7 Å². The van der Waals surface area contributed by atoms with E-state index in [1.165, 1.54) is 23.3 Å². The number of aromatic nitrogens is 2. The van der Waals surface area contributed by atoms with Crippen molar-refractivity contribution in [1.82, 2.24) is 15.1 Å². The Balaban J connectivity index is 1.55. The van der Waals surface area contributed by atoms with Crippen LogP contribution in [0.1, 0.15) is 45.6 Å². The second-order valence-corrected chi connectivity index (χ2v) is 7.74. The number of carbonyl (C=O) groups excluding carboxylic acids is 1. The summed E-state index contributed by atoms with van der Waals surface area (Å²) in [5.41, 5.74) is 5.91. The third-order valence-electron chi connectivity index (χ3n) is 5.53. The SMILES string of the molecule is Cc1ccc([C@H](C)NC(=O)c2ccc3cnn(Cc4ccc(F)cc4)c3c2)cc1C. The van der Waals surface area contributed by atoms with Crippen molar-refractivity contribution in [3.8, 4) is 0 Å². The zero-order valence-electron chi connectivity index (χ0n) is 17.3. The summed E-state index contributed by atoms with van der Waals surface area (Å²) in [4.78, 5) is 12.9. The number of amides is 1. The highest BCUT2D eigenvalue weighted by atomic mass is 19.1. The number of halogens is 1. The molecule has 30 heavy (non-hydrogen) atoms. The maximum absolute atomic E-state index is 13.2. The van der Waals surface area contributed by atoms with Gasteiger partial charge in [-0.15, -0.1) is 0 Å². The Kier molecular flexibility index (Phi) is 5.36. The fourth-order valence-electron chi connectivity index (χ4n) is 3.50. The minimum Gasteiger partial charge on any atom is -0.346 e. The van der Waals surface area contributed by atoms with Crippen molar-refractivity contribution in [3.63, 3.8) is 0 Å². The first-order valence-electron chi connectivity index (χ1n) is 9.99. The van der Waals surface area contributed by atoms with Crippen LogP contribution in [0.2, 0.25) is 0 Å². The van der Waals surface area contributed by atoms with Crippen LogP contribution in [0.3, 0.4) is 0 Å². The molecule has 1 aromatic heterocycles. The van der Waals surface area contributed by atoms with Crippen LogP contribution in [0.15, 0.2) is 66.9 Å². The smallest absolute Gasteiger partial charge is 0.251 e. The van der Waals surface area contributed by atoms with E-state index in [9.17, 15) is 9.18 Å². The molecule has 3 aromatic carbocycles. The molecular weight excluding hydrogens is 377 g/mol. The summed E-state index contributed by atoms with van der Waals surface area (Å²) in [6, 6.07) is 18.1. The Morgan fingerprint density at radius 1 is 1.03 bits per heavy atom. The lowest BCUT2D eigenvalue weighted by atomic mass is 10.0. The summed E-state index contributed by atoms with van der Waals surface area (Å²) in [7, 11) is 0. The van der Waals surface area contributed by atoms with Crippen LogP contribution >= 0.6 is 0 Å². The highest BCUT2D eigenvalue weighted by molar-refractivity contribution is 5.98. The van der Waals surface area contributed by atoms with Crippen molar-refractivity contribution in [3.05, 3.63) is 100 Å². The highest BCUT2D eigenvalue weighted by Gasteiger charge is 2.14. The molecule has 4 aromatic rings.